The zero-order valence-electron chi connectivity index (χ0n) is 19.5. The summed E-state index contributed by atoms with van der Waals surface area (Å²) in [4.78, 5) is 23.9. The van der Waals surface area contributed by atoms with Crippen molar-refractivity contribution in [2.24, 2.45) is 4.99 Å². The van der Waals surface area contributed by atoms with Crippen LogP contribution in [0.1, 0.15) is 42.0 Å². The maximum atomic E-state index is 12.7. The molecule has 1 amide bonds. The van der Waals surface area contributed by atoms with Gasteiger partial charge in [0.15, 0.2) is 5.96 Å². The number of piperazine rings is 1. The topological polar surface area (TPSA) is 51.2 Å². The SMILES string of the molecule is CN=C(NCCc1c(C)cc(C)cc1C)N1CCN(C(C)C(=O)N2CCCC2)CC1. The molecule has 2 heterocycles. The van der Waals surface area contributed by atoms with Crippen LogP contribution < -0.4 is 5.32 Å². The molecule has 2 fully saturated rings. The number of hydrogen-bond donors (Lipinski definition) is 1. The van der Waals surface area contributed by atoms with Gasteiger partial charge in [0, 0.05) is 52.9 Å². The first-order chi connectivity index (χ1) is 14.4. The van der Waals surface area contributed by atoms with Gasteiger partial charge in [0.05, 0.1) is 6.04 Å². The van der Waals surface area contributed by atoms with Crippen molar-refractivity contribution in [1.29, 1.82) is 0 Å². The van der Waals surface area contributed by atoms with Crippen molar-refractivity contribution in [2.75, 3.05) is 52.9 Å². The van der Waals surface area contributed by atoms with Crippen molar-refractivity contribution < 1.29 is 4.79 Å². The molecule has 1 unspecified atom stereocenters. The van der Waals surface area contributed by atoms with Gasteiger partial charge in [0.2, 0.25) is 5.91 Å². The van der Waals surface area contributed by atoms with Gasteiger partial charge in [0.25, 0.3) is 0 Å². The first kappa shape index (κ1) is 22.6. The highest BCUT2D eigenvalue weighted by molar-refractivity contribution is 5.82. The molecule has 1 atom stereocenters. The smallest absolute Gasteiger partial charge is 0.239 e. The van der Waals surface area contributed by atoms with Crippen molar-refractivity contribution >= 4 is 11.9 Å². The second-order valence-electron chi connectivity index (χ2n) is 8.83. The Labute approximate surface area is 182 Å². The number of carbonyl (C=O) groups excluding carboxylic acids is 1. The predicted octanol–water partition coefficient (Wildman–Crippen LogP) is 2.36. The lowest BCUT2D eigenvalue weighted by molar-refractivity contribution is -0.135. The first-order valence-electron chi connectivity index (χ1n) is 11.5. The van der Waals surface area contributed by atoms with Crippen LogP contribution in [-0.2, 0) is 11.2 Å². The van der Waals surface area contributed by atoms with E-state index in [9.17, 15) is 4.79 Å². The molecule has 1 aromatic carbocycles. The van der Waals surface area contributed by atoms with Crippen LogP contribution >= 0.6 is 0 Å². The number of aryl methyl sites for hydroxylation is 3. The van der Waals surface area contributed by atoms with E-state index in [1.54, 1.807) is 0 Å². The molecule has 0 radical (unpaired) electrons. The van der Waals surface area contributed by atoms with Crippen LogP contribution in [0.25, 0.3) is 0 Å². The maximum Gasteiger partial charge on any atom is 0.239 e. The summed E-state index contributed by atoms with van der Waals surface area (Å²) in [6.07, 6.45) is 3.30. The van der Waals surface area contributed by atoms with Gasteiger partial charge in [-0.1, -0.05) is 17.7 Å². The summed E-state index contributed by atoms with van der Waals surface area (Å²) in [5, 5.41) is 3.55. The lowest BCUT2D eigenvalue weighted by Crippen LogP contribution is -2.57. The monoisotopic (exact) mass is 413 g/mol. The van der Waals surface area contributed by atoms with Gasteiger partial charge >= 0.3 is 0 Å². The molecule has 30 heavy (non-hydrogen) atoms. The summed E-state index contributed by atoms with van der Waals surface area (Å²) >= 11 is 0. The van der Waals surface area contributed by atoms with E-state index in [1.807, 2.05) is 11.9 Å². The summed E-state index contributed by atoms with van der Waals surface area (Å²) in [5.41, 5.74) is 5.50. The average Bonchev–Trinajstić information content (AvgIpc) is 3.27. The number of aliphatic imine (C=N–C) groups is 1. The van der Waals surface area contributed by atoms with Crippen molar-refractivity contribution in [2.45, 2.75) is 53.0 Å². The molecule has 0 bridgehead atoms. The second kappa shape index (κ2) is 10.3. The van der Waals surface area contributed by atoms with Gasteiger partial charge in [-0.2, -0.15) is 0 Å². The van der Waals surface area contributed by atoms with Gasteiger partial charge < -0.3 is 15.1 Å². The number of amides is 1. The van der Waals surface area contributed by atoms with Crippen LogP contribution in [0.4, 0.5) is 0 Å². The normalized spacial score (nSPS) is 19.3. The van der Waals surface area contributed by atoms with Crippen LogP contribution in [0.3, 0.4) is 0 Å². The molecule has 2 aliphatic rings. The van der Waals surface area contributed by atoms with E-state index in [1.165, 1.54) is 22.3 Å². The van der Waals surface area contributed by atoms with E-state index in [-0.39, 0.29) is 6.04 Å². The third-order valence-corrected chi connectivity index (χ3v) is 6.65. The Morgan fingerprint density at radius 1 is 1.00 bits per heavy atom. The van der Waals surface area contributed by atoms with E-state index < -0.39 is 0 Å². The van der Waals surface area contributed by atoms with E-state index in [0.29, 0.717) is 5.91 Å². The minimum Gasteiger partial charge on any atom is -0.356 e. The summed E-state index contributed by atoms with van der Waals surface area (Å²) in [6, 6.07) is 4.51. The minimum atomic E-state index is -0.0206. The van der Waals surface area contributed by atoms with Gasteiger partial charge in [-0.15, -0.1) is 0 Å². The number of benzene rings is 1. The highest BCUT2D eigenvalue weighted by Gasteiger charge is 2.30. The largest absolute Gasteiger partial charge is 0.356 e. The van der Waals surface area contributed by atoms with Gasteiger partial charge in [0.1, 0.15) is 0 Å². The molecule has 6 nitrogen and oxygen atoms in total. The number of hydrogen-bond acceptors (Lipinski definition) is 3. The predicted molar refractivity (Wildman–Crippen MR) is 124 cm³/mol. The number of nitrogens with one attached hydrogen (secondary N) is 1. The molecule has 0 aliphatic carbocycles. The van der Waals surface area contributed by atoms with E-state index in [2.05, 4.69) is 59.9 Å². The van der Waals surface area contributed by atoms with E-state index >= 15 is 0 Å². The number of carbonyl (C=O) groups is 1. The summed E-state index contributed by atoms with van der Waals surface area (Å²) < 4.78 is 0. The molecular formula is C24H39N5O. The minimum absolute atomic E-state index is 0.0206. The molecular weight excluding hydrogens is 374 g/mol. The molecule has 1 aromatic rings. The number of guanidine groups is 1. The molecule has 6 heteroatoms. The Morgan fingerprint density at radius 3 is 2.17 bits per heavy atom. The highest BCUT2D eigenvalue weighted by atomic mass is 16.2. The highest BCUT2D eigenvalue weighted by Crippen LogP contribution is 2.17. The van der Waals surface area contributed by atoms with Crippen LogP contribution in [0.15, 0.2) is 17.1 Å². The lowest BCUT2D eigenvalue weighted by atomic mass is 9.97. The van der Waals surface area contributed by atoms with Gasteiger partial charge in [-0.05, 0) is 63.6 Å². The molecule has 2 aliphatic heterocycles. The maximum absolute atomic E-state index is 12.7. The summed E-state index contributed by atoms with van der Waals surface area (Å²) in [7, 11) is 1.86. The zero-order chi connectivity index (χ0) is 21.7. The zero-order valence-corrected chi connectivity index (χ0v) is 19.5. The fourth-order valence-electron chi connectivity index (χ4n) is 4.91. The van der Waals surface area contributed by atoms with Crippen LogP contribution in [0, 0.1) is 20.8 Å². The Hall–Kier alpha value is -2.08. The Bertz CT molecular complexity index is 738. The Balaban J connectivity index is 1.47. The van der Waals surface area contributed by atoms with E-state index in [0.717, 1.165) is 71.0 Å². The van der Waals surface area contributed by atoms with Crippen molar-refractivity contribution in [3.63, 3.8) is 0 Å². The van der Waals surface area contributed by atoms with Crippen LogP contribution in [0.2, 0.25) is 0 Å². The summed E-state index contributed by atoms with van der Waals surface area (Å²) in [5.74, 6) is 1.27. The van der Waals surface area contributed by atoms with Crippen molar-refractivity contribution in [3.8, 4) is 0 Å². The molecule has 0 saturated carbocycles. The van der Waals surface area contributed by atoms with Crippen molar-refractivity contribution in [3.05, 3.63) is 34.4 Å². The lowest BCUT2D eigenvalue weighted by Gasteiger charge is -2.39. The van der Waals surface area contributed by atoms with Crippen molar-refractivity contribution in [1.82, 2.24) is 20.0 Å². The molecule has 3 rings (SSSR count). The number of nitrogens with zero attached hydrogens (tertiary/aromatic N) is 4. The molecule has 2 saturated heterocycles. The third kappa shape index (κ3) is 5.34. The quantitative estimate of drug-likeness (QED) is 0.595. The van der Waals surface area contributed by atoms with Gasteiger partial charge in [-0.25, -0.2) is 0 Å². The molecule has 0 spiro atoms. The fourth-order valence-corrected chi connectivity index (χ4v) is 4.91. The summed E-state index contributed by atoms with van der Waals surface area (Å²) in [6.45, 7) is 15.0. The fraction of sp³-hybridized carbons (Fsp3) is 0.667. The Kier molecular flexibility index (Phi) is 7.75. The number of likely N-dealkylation sites (tertiary alicyclic amines) is 1. The molecule has 1 N–H and O–H groups in total. The standard InChI is InChI=1S/C24H39N5O/c1-18-16-19(2)22(20(3)17-18)8-9-26-24(25-5)29-14-12-27(13-15-29)21(4)23(30)28-10-6-7-11-28/h16-17,21H,6-15H2,1-5H3,(H,25,26). The van der Waals surface area contributed by atoms with Gasteiger partial charge in [-0.3, -0.25) is 14.7 Å². The number of rotatable bonds is 5. The Morgan fingerprint density at radius 2 is 1.60 bits per heavy atom. The molecule has 0 aromatic heterocycles. The average molecular weight is 414 g/mol. The van der Waals surface area contributed by atoms with Crippen LogP contribution in [-0.4, -0.2) is 85.5 Å². The molecule has 166 valence electrons. The van der Waals surface area contributed by atoms with E-state index in [4.69, 9.17) is 0 Å². The first-order valence-corrected chi connectivity index (χ1v) is 11.5. The second-order valence-corrected chi connectivity index (χ2v) is 8.83. The van der Waals surface area contributed by atoms with Crippen LogP contribution in [0.5, 0.6) is 0 Å². The third-order valence-electron chi connectivity index (χ3n) is 6.65.